The van der Waals surface area contributed by atoms with Gasteiger partial charge in [0.25, 0.3) is 0 Å². The predicted octanol–water partition coefficient (Wildman–Crippen LogP) is 3.19. The highest BCUT2D eigenvalue weighted by Gasteiger charge is 2.06. The highest BCUT2D eigenvalue weighted by atomic mass is 32.1. The van der Waals surface area contributed by atoms with E-state index in [0.717, 1.165) is 18.5 Å². The molecule has 2 nitrogen and oxygen atoms in total. The van der Waals surface area contributed by atoms with Gasteiger partial charge >= 0.3 is 0 Å². The molecule has 0 amide bonds. The Kier molecular flexibility index (Phi) is 3.25. The number of hydrogen-bond acceptors (Lipinski definition) is 3. The summed E-state index contributed by atoms with van der Waals surface area (Å²) < 4.78 is 0. The van der Waals surface area contributed by atoms with Crippen molar-refractivity contribution in [3.05, 3.63) is 46.0 Å². The largest absolute Gasteiger partial charge is 0.375 e. The number of nitrogens with two attached hydrogens (primary N) is 1. The molecular formula is C13H16N2S. The third-order valence-electron chi connectivity index (χ3n) is 2.67. The number of thiazole rings is 1. The molecule has 1 aromatic heterocycles. The van der Waals surface area contributed by atoms with Crippen LogP contribution in [0.3, 0.4) is 0 Å². The highest BCUT2D eigenvalue weighted by molar-refractivity contribution is 7.15. The first-order valence-corrected chi connectivity index (χ1v) is 6.30. The summed E-state index contributed by atoms with van der Waals surface area (Å²) in [5.74, 6) is 0. The molecule has 0 saturated carbocycles. The average molecular weight is 232 g/mol. The van der Waals surface area contributed by atoms with Gasteiger partial charge in [-0.15, -0.1) is 11.3 Å². The Bertz CT molecular complexity index is 488. The van der Waals surface area contributed by atoms with Crippen LogP contribution in [-0.2, 0) is 12.8 Å². The summed E-state index contributed by atoms with van der Waals surface area (Å²) in [6, 6.07) is 8.70. The predicted molar refractivity (Wildman–Crippen MR) is 69.9 cm³/mol. The van der Waals surface area contributed by atoms with Crippen molar-refractivity contribution in [3.8, 4) is 0 Å². The Morgan fingerprint density at radius 1 is 1.31 bits per heavy atom. The van der Waals surface area contributed by atoms with E-state index < -0.39 is 0 Å². The van der Waals surface area contributed by atoms with Gasteiger partial charge < -0.3 is 5.73 Å². The molecule has 0 aliphatic heterocycles. The Morgan fingerprint density at radius 3 is 2.69 bits per heavy atom. The fraction of sp³-hybridized carbons (Fsp3) is 0.308. The van der Waals surface area contributed by atoms with Crippen LogP contribution in [0.4, 0.5) is 5.13 Å². The molecule has 0 aliphatic carbocycles. The maximum Gasteiger partial charge on any atom is 0.180 e. The maximum atomic E-state index is 5.70. The van der Waals surface area contributed by atoms with E-state index in [-0.39, 0.29) is 0 Å². The number of aryl methyl sites for hydroxylation is 2. The van der Waals surface area contributed by atoms with E-state index in [2.05, 4.69) is 36.2 Å². The fourth-order valence-electron chi connectivity index (χ4n) is 1.76. The van der Waals surface area contributed by atoms with Gasteiger partial charge in [0.1, 0.15) is 0 Å². The van der Waals surface area contributed by atoms with E-state index in [1.54, 1.807) is 11.3 Å². The summed E-state index contributed by atoms with van der Waals surface area (Å²) in [6.07, 6.45) is 2.02. The quantitative estimate of drug-likeness (QED) is 0.882. The van der Waals surface area contributed by atoms with Gasteiger partial charge in [-0.05, 0) is 24.5 Å². The molecule has 0 aliphatic rings. The molecule has 0 radical (unpaired) electrons. The van der Waals surface area contributed by atoms with Crippen molar-refractivity contribution in [2.45, 2.75) is 26.7 Å². The molecule has 0 bridgehead atoms. The molecule has 0 saturated heterocycles. The van der Waals surface area contributed by atoms with E-state index in [9.17, 15) is 0 Å². The second-order valence-electron chi connectivity index (χ2n) is 3.91. The first-order chi connectivity index (χ1) is 7.69. The number of anilines is 1. The zero-order valence-corrected chi connectivity index (χ0v) is 10.5. The third kappa shape index (κ3) is 2.42. The number of aromatic nitrogens is 1. The first-order valence-electron chi connectivity index (χ1n) is 5.48. The Hall–Kier alpha value is -1.35. The summed E-state index contributed by atoms with van der Waals surface area (Å²) in [5.41, 5.74) is 9.48. The van der Waals surface area contributed by atoms with Crippen LogP contribution in [0.25, 0.3) is 0 Å². The van der Waals surface area contributed by atoms with E-state index in [1.807, 2.05) is 6.92 Å². The molecule has 2 aromatic rings. The van der Waals surface area contributed by atoms with Crippen molar-refractivity contribution in [2.75, 3.05) is 5.73 Å². The molecule has 0 fully saturated rings. The maximum absolute atomic E-state index is 5.70. The fourth-order valence-corrected chi connectivity index (χ4v) is 2.63. The molecule has 16 heavy (non-hydrogen) atoms. The highest BCUT2D eigenvalue weighted by Crippen LogP contribution is 2.23. The number of nitrogen functional groups attached to an aromatic ring is 1. The molecule has 2 rings (SSSR count). The lowest BCUT2D eigenvalue weighted by Gasteiger charge is -2.02. The van der Waals surface area contributed by atoms with Crippen LogP contribution in [0.15, 0.2) is 24.3 Å². The average Bonchev–Trinajstić information content (AvgIpc) is 2.58. The van der Waals surface area contributed by atoms with Gasteiger partial charge in [0.15, 0.2) is 5.13 Å². The minimum atomic E-state index is 0.666. The van der Waals surface area contributed by atoms with Crippen LogP contribution in [0.5, 0.6) is 0 Å². The van der Waals surface area contributed by atoms with Gasteiger partial charge in [0.05, 0.1) is 5.69 Å². The number of benzene rings is 1. The van der Waals surface area contributed by atoms with Crippen molar-refractivity contribution in [2.24, 2.45) is 0 Å². The molecule has 0 unspecified atom stereocenters. The van der Waals surface area contributed by atoms with Crippen molar-refractivity contribution >= 4 is 16.5 Å². The SMILES string of the molecule is CCc1cccc(Cc2sc(N)nc2C)c1. The number of rotatable bonds is 3. The minimum absolute atomic E-state index is 0.666. The number of hydrogen-bond donors (Lipinski definition) is 1. The third-order valence-corrected chi connectivity index (χ3v) is 3.66. The Balaban J connectivity index is 2.23. The van der Waals surface area contributed by atoms with E-state index >= 15 is 0 Å². The Morgan fingerprint density at radius 2 is 2.06 bits per heavy atom. The summed E-state index contributed by atoms with van der Waals surface area (Å²) in [6.45, 7) is 4.20. The minimum Gasteiger partial charge on any atom is -0.375 e. The van der Waals surface area contributed by atoms with Gasteiger partial charge in [0, 0.05) is 11.3 Å². The molecule has 1 heterocycles. The topological polar surface area (TPSA) is 38.9 Å². The summed E-state index contributed by atoms with van der Waals surface area (Å²) >= 11 is 1.59. The van der Waals surface area contributed by atoms with Gasteiger partial charge in [-0.3, -0.25) is 0 Å². The normalized spacial score (nSPS) is 10.6. The van der Waals surface area contributed by atoms with E-state index in [1.165, 1.54) is 16.0 Å². The molecule has 1 aromatic carbocycles. The zero-order chi connectivity index (χ0) is 11.5. The van der Waals surface area contributed by atoms with Crippen LogP contribution >= 0.6 is 11.3 Å². The summed E-state index contributed by atoms with van der Waals surface area (Å²) in [5, 5.41) is 0.666. The molecule has 3 heteroatoms. The second kappa shape index (κ2) is 4.66. The summed E-state index contributed by atoms with van der Waals surface area (Å²) in [7, 11) is 0. The van der Waals surface area contributed by atoms with Crippen LogP contribution in [-0.4, -0.2) is 4.98 Å². The van der Waals surface area contributed by atoms with Gasteiger partial charge in [-0.2, -0.15) is 0 Å². The monoisotopic (exact) mass is 232 g/mol. The van der Waals surface area contributed by atoms with Gasteiger partial charge in [-0.25, -0.2) is 4.98 Å². The first kappa shape index (κ1) is 11.1. The van der Waals surface area contributed by atoms with Crippen molar-refractivity contribution in [1.82, 2.24) is 4.98 Å². The van der Waals surface area contributed by atoms with Crippen LogP contribution in [0.1, 0.15) is 28.6 Å². The molecule has 84 valence electrons. The van der Waals surface area contributed by atoms with Crippen molar-refractivity contribution in [3.63, 3.8) is 0 Å². The van der Waals surface area contributed by atoms with Crippen molar-refractivity contribution < 1.29 is 0 Å². The standard InChI is InChI=1S/C13H16N2S/c1-3-10-5-4-6-11(7-10)8-12-9(2)15-13(14)16-12/h4-7H,3,8H2,1-2H3,(H2,14,15). The van der Waals surface area contributed by atoms with Crippen LogP contribution < -0.4 is 5.73 Å². The van der Waals surface area contributed by atoms with Crippen LogP contribution in [0.2, 0.25) is 0 Å². The number of nitrogens with zero attached hydrogens (tertiary/aromatic N) is 1. The second-order valence-corrected chi connectivity index (χ2v) is 5.03. The van der Waals surface area contributed by atoms with Gasteiger partial charge in [0.2, 0.25) is 0 Å². The van der Waals surface area contributed by atoms with E-state index in [0.29, 0.717) is 5.13 Å². The Labute approximate surface area is 100 Å². The lowest BCUT2D eigenvalue weighted by Crippen LogP contribution is -1.89. The zero-order valence-electron chi connectivity index (χ0n) is 9.66. The molecule has 0 atom stereocenters. The van der Waals surface area contributed by atoms with E-state index in [4.69, 9.17) is 5.73 Å². The molecule has 0 spiro atoms. The lowest BCUT2D eigenvalue weighted by molar-refractivity contribution is 1.10. The van der Waals surface area contributed by atoms with Crippen molar-refractivity contribution in [1.29, 1.82) is 0 Å². The molecule has 2 N–H and O–H groups in total. The van der Waals surface area contributed by atoms with Gasteiger partial charge in [-0.1, -0.05) is 31.2 Å². The smallest absolute Gasteiger partial charge is 0.180 e. The summed E-state index contributed by atoms with van der Waals surface area (Å²) in [4.78, 5) is 5.52. The lowest BCUT2D eigenvalue weighted by atomic mass is 10.1. The van der Waals surface area contributed by atoms with Crippen LogP contribution in [0, 0.1) is 6.92 Å². The molecular weight excluding hydrogens is 216 g/mol.